The van der Waals surface area contributed by atoms with Gasteiger partial charge in [0.2, 0.25) is 11.8 Å². The number of methoxy groups -OCH3 is 1. The van der Waals surface area contributed by atoms with Gasteiger partial charge >= 0.3 is 0 Å². The largest absolute Gasteiger partial charge is 0.495 e. The fourth-order valence-corrected chi connectivity index (χ4v) is 4.41. The quantitative estimate of drug-likeness (QED) is 0.862. The maximum Gasteiger partial charge on any atom is 0.229 e. The van der Waals surface area contributed by atoms with Gasteiger partial charge in [-0.3, -0.25) is 9.59 Å². The summed E-state index contributed by atoms with van der Waals surface area (Å²) in [7, 11) is 1.55. The molecule has 1 saturated carbocycles. The summed E-state index contributed by atoms with van der Waals surface area (Å²) < 4.78 is 5.28. The Hall–Kier alpha value is -1.75. The number of nitrogens with one attached hydrogen (secondary N) is 1. The number of halogens is 1. The molecule has 0 bridgehead atoms. The molecule has 0 spiro atoms. The van der Waals surface area contributed by atoms with E-state index in [1.165, 1.54) is 6.42 Å². The number of likely N-dealkylation sites (tertiary alicyclic amines) is 1. The lowest BCUT2D eigenvalue weighted by Gasteiger charge is -2.40. The zero-order chi connectivity index (χ0) is 18.8. The Labute approximate surface area is 160 Å². The van der Waals surface area contributed by atoms with Crippen molar-refractivity contribution in [2.24, 2.45) is 17.8 Å². The molecule has 1 aliphatic heterocycles. The zero-order valence-corrected chi connectivity index (χ0v) is 16.4. The van der Waals surface area contributed by atoms with E-state index in [9.17, 15) is 9.59 Å². The van der Waals surface area contributed by atoms with E-state index in [2.05, 4.69) is 19.2 Å². The van der Waals surface area contributed by atoms with Crippen molar-refractivity contribution < 1.29 is 14.3 Å². The first kappa shape index (κ1) is 19.0. The lowest BCUT2D eigenvalue weighted by Crippen LogP contribution is -2.45. The normalized spacial score (nSPS) is 28.9. The molecule has 4 atom stereocenters. The number of carbonyl (C=O) groups is 2. The molecule has 0 aromatic heterocycles. The van der Waals surface area contributed by atoms with Gasteiger partial charge in [0.05, 0.1) is 18.7 Å². The van der Waals surface area contributed by atoms with Crippen molar-refractivity contribution in [1.82, 2.24) is 4.90 Å². The Morgan fingerprint density at radius 3 is 2.81 bits per heavy atom. The monoisotopic (exact) mass is 378 g/mol. The lowest BCUT2D eigenvalue weighted by atomic mass is 9.77. The van der Waals surface area contributed by atoms with Crippen molar-refractivity contribution in [1.29, 1.82) is 0 Å². The number of nitrogens with zero attached hydrogens (tertiary/aromatic N) is 1. The molecule has 2 aliphatic rings. The summed E-state index contributed by atoms with van der Waals surface area (Å²) in [4.78, 5) is 27.2. The molecule has 1 saturated heterocycles. The average Bonchev–Trinajstić information content (AvgIpc) is 2.99. The SMILES string of the molecule is COc1ccc(Cl)cc1NC(=O)[C@@H]1CC(=O)N([C@@H]2CCC[C@@H](C)[C@H]2C)C1. The van der Waals surface area contributed by atoms with Crippen molar-refractivity contribution in [2.75, 3.05) is 19.0 Å². The van der Waals surface area contributed by atoms with Crippen LogP contribution in [-0.4, -0.2) is 36.4 Å². The fraction of sp³-hybridized carbons (Fsp3) is 0.600. The average molecular weight is 379 g/mol. The molecular weight excluding hydrogens is 352 g/mol. The molecule has 1 aromatic carbocycles. The predicted octanol–water partition coefficient (Wildman–Crippen LogP) is 3.96. The minimum absolute atomic E-state index is 0.0918. The fourth-order valence-electron chi connectivity index (χ4n) is 4.23. The maximum atomic E-state index is 12.7. The first-order valence-electron chi connectivity index (χ1n) is 9.34. The molecular formula is C20H27ClN2O3. The Bertz CT molecular complexity index is 694. The van der Waals surface area contributed by atoms with Gasteiger partial charge in [-0.2, -0.15) is 0 Å². The van der Waals surface area contributed by atoms with Crippen molar-refractivity contribution in [3.05, 3.63) is 23.2 Å². The number of anilines is 1. The third-order valence-electron chi connectivity index (χ3n) is 6.01. The minimum atomic E-state index is -0.337. The number of carbonyl (C=O) groups excluding carboxylic acids is 2. The van der Waals surface area contributed by atoms with Crippen LogP contribution in [0.25, 0.3) is 0 Å². The van der Waals surface area contributed by atoms with Gasteiger partial charge < -0.3 is 15.0 Å². The van der Waals surface area contributed by atoms with Crippen molar-refractivity contribution in [2.45, 2.75) is 45.6 Å². The summed E-state index contributed by atoms with van der Waals surface area (Å²) in [6, 6.07) is 5.35. The highest BCUT2D eigenvalue weighted by atomic mass is 35.5. The molecule has 0 unspecified atom stereocenters. The summed E-state index contributed by atoms with van der Waals surface area (Å²) in [5, 5.41) is 3.40. The van der Waals surface area contributed by atoms with Crippen molar-refractivity contribution >= 4 is 29.1 Å². The van der Waals surface area contributed by atoms with E-state index in [0.29, 0.717) is 34.8 Å². The zero-order valence-electron chi connectivity index (χ0n) is 15.6. The minimum Gasteiger partial charge on any atom is -0.495 e. The molecule has 26 heavy (non-hydrogen) atoms. The van der Waals surface area contributed by atoms with Crippen LogP contribution in [0.3, 0.4) is 0 Å². The molecule has 1 N–H and O–H groups in total. The summed E-state index contributed by atoms with van der Waals surface area (Å²) in [5.41, 5.74) is 0.538. The van der Waals surface area contributed by atoms with Gasteiger partial charge in [-0.25, -0.2) is 0 Å². The van der Waals surface area contributed by atoms with Gasteiger partial charge in [0.25, 0.3) is 0 Å². The molecule has 0 radical (unpaired) electrons. The second-order valence-corrected chi connectivity index (χ2v) is 8.05. The third kappa shape index (κ3) is 3.83. The van der Waals surface area contributed by atoms with E-state index in [1.54, 1.807) is 25.3 Å². The van der Waals surface area contributed by atoms with Crippen LogP contribution in [0.4, 0.5) is 5.69 Å². The Morgan fingerprint density at radius 1 is 1.31 bits per heavy atom. The van der Waals surface area contributed by atoms with Crippen LogP contribution in [-0.2, 0) is 9.59 Å². The first-order chi connectivity index (χ1) is 12.4. The number of benzene rings is 1. The van der Waals surface area contributed by atoms with Gasteiger partial charge in [-0.1, -0.05) is 38.3 Å². The molecule has 3 rings (SSSR count). The Kier molecular flexibility index (Phi) is 5.76. The van der Waals surface area contributed by atoms with E-state index < -0.39 is 0 Å². The molecule has 1 aromatic rings. The van der Waals surface area contributed by atoms with E-state index in [-0.39, 0.29) is 30.2 Å². The van der Waals surface area contributed by atoms with Crippen molar-refractivity contribution in [3.63, 3.8) is 0 Å². The highest BCUT2D eigenvalue weighted by Gasteiger charge is 2.41. The molecule has 2 fully saturated rings. The van der Waals surface area contributed by atoms with Crippen LogP contribution in [0, 0.1) is 17.8 Å². The van der Waals surface area contributed by atoms with Crippen LogP contribution < -0.4 is 10.1 Å². The van der Waals surface area contributed by atoms with E-state index >= 15 is 0 Å². The van der Waals surface area contributed by atoms with E-state index in [4.69, 9.17) is 16.3 Å². The highest BCUT2D eigenvalue weighted by molar-refractivity contribution is 6.31. The number of ether oxygens (including phenoxy) is 1. The summed E-state index contributed by atoms with van der Waals surface area (Å²) in [6.45, 7) is 4.98. The number of hydrogen-bond donors (Lipinski definition) is 1. The number of hydrogen-bond acceptors (Lipinski definition) is 3. The summed E-state index contributed by atoms with van der Waals surface area (Å²) >= 11 is 6.03. The number of amides is 2. The van der Waals surface area contributed by atoms with Crippen molar-refractivity contribution in [3.8, 4) is 5.75 Å². The molecule has 5 nitrogen and oxygen atoms in total. The molecule has 1 aliphatic carbocycles. The Balaban J connectivity index is 1.68. The smallest absolute Gasteiger partial charge is 0.229 e. The van der Waals surface area contributed by atoms with Crippen LogP contribution in [0.1, 0.15) is 39.5 Å². The van der Waals surface area contributed by atoms with Gasteiger partial charge in [-0.15, -0.1) is 0 Å². The summed E-state index contributed by atoms with van der Waals surface area (Å²) in [6.07, 6.45) is 3.68. The highest BCUT2D eigenvalue weighted by Crippen LogP contribution is 2.36. The second kappa shape index (κ2) is 7.87. The molecule has 6 heteroatoms. The van der Waals surface area contributed by atoms with Gasteiger partial charge in [0.15, 0.2) is 0 Å². The molecule has 1 heterocycles. The second-order valence-electron chi connectivity index (χ2n) is 7.62. The maximum absolute atomic E-state index is 12.7. The third-order valence-corrected chi connectivity index (χ3v) is 6.25. The van der Waals surface area contributed by atoms with Crippen LogP contribution in [0.15, 0.2) is 18.2 Å². The predicted molar refractivity (Wildman–Crippen MR) is 102 cm³/mol. The summed E-state index contributed by atoms with van der Waals surface area (Å²) in [5.74, 6) is 1.24. The van der Waals surface area contributed by atoms with E-state index in [1.807, 2.05) is 4.90 Å². The van der Waals surface area contributed by atoms with Gasteiger partial charge in [0, 0.05) is 24.0 Å². The van der Waals surface area contributed by atoms with E-state index in [0.717, 1.165) is 12.8 Å². The van der Waals surface area contributed by atoms with Crippen LogP contribution in [0.2, 0.25) is 5.02 Å². The first-order valence-corrected chi connectivity index (χ1v) is 9.72. The molecule has 2 amide bonds. The topological polar surface area (TPSA) is 58.6 Å². The lowest BCUT2D eigenvalue weighted by molar-refractivity contribution is -0.131. The van der Waals surface area contributed by atoms with Gasteiger partial charge in [-0.05, 0) is 36.5 Å². The Morgan fingerprint density at radius 2 is 2.08 bits per heavy atom. The van der Waals surface area contributed by atoms with Gasteiger partial charge in [0.1, 0.15) is 5.75 Å². The van der Waals surface area contributed by atoms with Crippen LogP contribution >= 0.6 is 11.6 Å². The standard InChI is InChI=1S/C20H27ClN2O3/c1-12-5-4-6-17(13(12)2)23-11-14(9-19(23)24)20(25)22-16-10-15(21)7-8-18(16)26-3/h7-8,10,12-14,17H,4-6,9,11H2,1-3H3,(H,22,25)/t12-,13-,14-,17-/m1/s1. The number of rotatable bonds is 4. The molecule has 142 valence electrons. The van der Waals surface area contributed by atoms with Crippen LogP contribution in [0.5, 0.6) is 5.75 Å².